The molecule has 2 N–H and O–H groups in total. The molecule has 2 aliphatic heterocycles. The van der Waals surface area contributed by atoms with E-state index in [1.54, 1.807) is 7.11 Å². The molecule has 1 fully saturated rings. The van der Waals surface area contributed by atoms with E-state index in [2.05, 4.69) is 13.0 Å². The number of hydrogen-bond acceptors (Lipinski definition) is 4. The van der Waals surface area contributed by atoms with Crippen molar-refractivity contribution in [2.24, 2.45) is 5.73 Å². The summed E-state index contributed by atoms with van der Waals surface area (Å²) < 4.78 is 17.0. The smallest absolute Gasteiger partial charge is 0.125 e. The summed E-state index contributed by atoms with van der Waals surface area (Å²) >= 11 is 0. The predicted octanol–water partition coefficient (Wildman–Crippen LogP) is 1.81. The molecular weight excluding hydrogens is 230 g/mol. The molecule has 0 aliphatic carbocycles. The van der Waals surface area contributed by atoms with Gasteiger partial charge in [-0.05, 0) is 25.5 Å². The summed E-state index contributed by atoms with van der Waals surface area (Å²) in [5, 5.41) is 0. The maximum Gasteiger partial charge on any atom is 0.125 e. The molecule has 98 valence electrons. The monoisotopic (exact) mass is 249 g/mol. The Bertz CT molecular complexity index is 461. The molecule has 4 nitrogen and oxygen atoms in total. The fourth-order valence-corrected chi connectivity index (χ4v) is 2.78. The lowest BCUT2D eigenvalue weighted by atomic mass is 9.99. The first-order chi connectivity index (χ1) is 8.69. The standard InChI is InChI=1S/C14H19NO3/c1-8-5-9-6-13(16-2)10(7-12(9)18-8)14-11(15)3-4-17-14/h6-8,11,14H,3-5,15H2,1-2H3. The summed E-state index contributed by atoms with van der Waals surface area (Å²) in [5.41, 5.74) is 8.30. The third-order valence-corrected chi connectivity index (χ3v) is 3.69. The van der Waals surface area contributed by atoms with E-state index in [-0.39, 0.29) is 18.2 Å². The number of fused-ring (bicyclic) bond motifs is 1. The van der Waals surface area contributed by atoms with Crippen molar-refractivity contribution in [2.75, 3.05) is 13.7 Å². The highest BCUT2D eigenvalue weighted by Gasteiger charge is 2.31. The lowest BCUT2D eigenvalue weighted by Gasteiger charge is -2.19. The third kappa shape index (κ3) is 1.85. The molecule has 1 aromatic carbocycles. The number of hydrogen-bond donors (Lipinski definition) is 1. The van der Waals surface area contributed by atoms with Crippen LogP contribution in [0.2, 0.25) is 0 Å². The second-order valence-electron chi connectivity index (χ2n) is 5.08. The van der Waals surface area contributed by atoms with E-state index in [1.165, 1.54) is 5.56 Å². The van der Waals surface area contributed by atoms with Crippen LogP contribution in [-0.2, 0) is 11.2 Å². The number of nitrogens with two attached hydrogens (primary N) is 1. The molecule has 0 radical (unpaired) electrons. The van der Waals surface area contributed by atoms with E-state index in [0.717, 1.165) is 29.9 Å². The van der Waals surface area contributed by atoms with Gasteiger partial charge in [-0.3, -0.25) is 0 Å². The van der Waals surface area contributed by atoms with E-state index >= 15 is 0 Å². The summed E-state index contributed by atoms with van der Waals surface area (Å²) in [4.78, 5) is 0. The Balaban J connectivity index is 2.01. The zero-order chi connectivity index (χ0) is 12.7. The summed E-state index contributed by atoms with van der Waals surface area (Å²) in [5.74, 6) is 1.80. The SMILES string of the molecule is COc1cc2c(cc1C1OCCC1N)OC(C)C2. The minimum Gasteiger partial charge on any atom is -0.496 e. The summed E-state index contributed by atoms with van der Waals surface area (Å²) in [6, 6.07) is 4.13. The molecule has 0 amide bonds. The van der Waals surface area contributed by atoms with Gasteiger partial charge in [0.05, 0.1) is 7.11 Å². The zero-order valence-electron chi connectivity index (χ0n) is 10.8. The first kappa shape index (κ1) is 11.8. The van der Waals surface area contributed by atoms with Crippen molar-refractivity contribution < 1.29 is 14.2 Å². The van der Waals surface area contributed by atoms with Crippen molar-refractivity contribution in [2.45, 2.75) is 38.0 Å². The topological polar surface area (TPSA) is 53.7 Å². The Morgan fingerprint density at radius 3 is 2.89 bits per heavy atom. The minimum atomic E-state index is -0.0789. The molecule has 2 heterocycles. The Morgan fingerprint density at radius 1 is 1.39 bits per heavy atom. The summed E-state index contributed by atoms with van der Waals surface area (Å²) in [6.07, 6.45) is 1.98. The number of ether oxygens (including phenoxy) is 3. The molecule has 0 saturated carbocycles. The van der Waals surface area contributed by atoms with Crippen LogP contribution in [0.25, 0.3) is 0 Å². The van der Waals surface area contributed by atoms with Crippen molar-refractivity contribution in [1.82, 2.24) is 0 Å². The molecule has 0 bridgehead atoms. The average molecular weight is 249 g/mol. The van der Waals surface area contributed by atoms with Gasteiger partial charge >= 0.3 is 0 Å². The Hall–Kier alpha value is -1.26. The highest BCUT2D eigenvalue weighted by atomic mass is 16.5. The van der Waals surface area contributed by atoms with Crippen molar-refractivity contribution >= 4 is 0 Å². The fourth-order valence-electron chi connectivity index (χ4n) is 2.78. The van der Waals surface area contributed by atoms with Crippen LogP contribution >= 0.6 is 0 Å². The highest BCUT2D eigenvalue weighted by Crippen LogP contribution is 2.40. The van der Waals surface area contributed by atoms with Gasteiger partial charge < -0.3 is 19.9 Å². The van der Waals surface area contributed by atoms with Crippen molar-refractivity contribution in [1.29, 1.82) is 0 Å². The van der Waals surface area contributed by atoms with Crippen LogP contribution in [0.1, 0.15) is 30.6 Å². The number of rotatable bonds is 2. The molecule has 3 unspecified atom stereocenters. The third-order valence-electron chi connectivity index (χ3n) is 3.69. The Labute approximate surface area is 107 Å². The van der Waals surface area contributed by atoms with Gasteiger partial charge in [0.15, 0.2) is 0 Å². The van der Waals surface area contributed by atoms with Crippen LogP contribution in [0.4, 0.5) is 0 Å². The molecule has 18 heavy (non-hydrogen) atoms. The van der Waals surface area contributed by atoms with Crippen LogP contribution in [0.15, 0.2) is 12.1 Å². The first-order valence-electron chi connectivity index (χ1n) is 6.43. The maximum atomic E-state index is 6.09. The van der Waals surface area contributed by atoms with Gasteiger partial charge in [0.1, 0.15) is 23.7 Å². The van der Waals surface area contributed by atoms with Crippen molar-refractivity contribution in [3.05, 3.63) is 23.3 Å². The summed E-state index contributed by atoms with van der Waals surface area (Å²) in [6.45, 7) is 2.79. The first-order valence-corrected chi connectivity index (χ1v) is 6.43. The second kappa shape index (κ2) is 4.44. The normalized spacial score (nSPS) is 30.1. The average Bonchev–Trinajstić information content (AvgIpc) is 2.91. The number of methoxy groups -OCH3 is 1. The molecule has 3 rings (SSSR count). The molecule has 1 saturated heterocycles. The highest BCUT2D eigenvalue weighted by molar-refractivity contribution is 5.50. The van der Waals surface area contributed by atoms with E-state index in [1.807, 2.05) is 6.07 Å². The van der Waals surface area contributed by atoms with Gasteiger partial charge in [0.2, 0.25) is 0 Å². The van der Waals surface area contributed by atoms with Gasteiger partial charge in [0, 0.05) is 30.2 Å². The lowest BCUT2D eigenvalue weighted by molar-refractivity contribution is 0.102. The van der Waals surface area contributed by atoms with E-state index in [9.17, 15) is 0 Å². The van der Waals surface area contributed by atoms with Gasteiger partial charge in [-0.15, -0.1) is 0 Å². The maximum absolute atomic E-state index is 6.09. The molecular formula is C14H19NO3. The quantitative estimate of drug-likeness (QED) is 0.868. The summed E-state index contributed by atoms with van der Waals surface area (Å²) in [7, 11) is 1.69. The van der Waals surface area contributed by atoms with Crippen LogP contribution < -0.4 is 15.2 Å². The van der Waals surface area contributed by atoms with Crippen LogP contribution in [0.3, 0.4) is 0 Å². The molecule has 2 aliphatic rings. The van der Waals surface area contributed by atoms with Crippen LogP contribution in [0.5, 0.6) is 11.5 Å². The zero-order valence-corrected chi connectivity index (χ0v) is 10.8. The lowest BCUT2D eigenvalue weighted by Crippen LogP contribution is -2.23. The Kier molecular flexibility index (Phi) is 2.92. The molecule has 1 aromatic rings. The van der Waals surface area contributed by atoms with Crippen LogP contribution in [-0.4, -0.2) is 25.9 Å². The largest absolute Gasteiger partial charge is 0.496 e. The second-order valence-corrected chi connectivity index (χ2v) is 5.08. The van der Waals surface area contributed by atoms with Crippen LogP contribution in [0, 0.1) is 0 Å². The van der Waals surface area contributed by atoms with Gasteiger partial charge in [-0.25, -0.2) is 0 Å². The van der Waals surface area contributed by atoms with E-state index in [4.69, 9.17) is 19.9 Å². The van der Waals surface area contributed by atoms with E-state index in [0.29, 0.717) is 6.61 Å². The molecule has 3 atom stereocenters. The predicted molar refractivity (Wildman–Crippen MR) is 68.1 cm³/mol. The van der Waals surface area contributed by atoms with Gasteiger partial charge in [0.25, 0.3) is 0 Å². The Morgan fingerprint density at radius 2 is 2.22 bits per heavy atom. The molecule has 4 heteroatoms. The minimum absolute atomic E-state index is 0.0378. The van der Waals surface area contributed by atoms with Crippen molar-refractivity contribution in [3.8, 4) is 11.5 Å². The number of benzene rings is 1. The van der Waals surface area contributed by atoms with Crippen molar-refractivity contribution in [3.63, 3.8) is 0 Å². The fraction of sp³-hybridized carbons (Fsp3) is 0.571. The van der Waals surface area contributed by atoms with Gasteiger partial charge in [-0.2, -0.15) is 0 Å². The molecule has 0 spiro atoms. The molecule has 0 aromatic heterocycles. The van der Waals surface area contributed by atoms with E-state index < -0.39 is 0 Å². The van der Waals surface area contributed by atoms with Gasteiger partial charge in [-0.1, -0.05) is 0 Å².